The molecule has 0 aliphatic carbocycles. The van der Waals surface area contributed by atoms with E-state index in [0.717, 1.165) is 0 Å². The van der Waals surface area contributed by atoms with E-state index in [2.05, 4.69) is 11.2 Å². The molecule has 0 radical (unpaired) electrons. The zero-order valence-electron chi connectivity index (χ0n) is 12.1. The number of hydrogen-bond donors (Lipinski definition) is 2. The topological polar surface area (TPSA) is 69.6 Å². The lowest BCUT2D eigenvalue weighted by Gasteiger charge is -2.25. The Balaban J connectivity index is 2.96. The van der Waals surface area contributed by atoms with Crippen LogP contribution in [-0.2, 0) is 4.79 Å². The third kappa shape index (κ3) is 4.63. The molecule has 0 aliphatic heterocycles. The monoisotopic (exact) mass is 342 g/mol. The molecule has 2 N–H and O–H groups in total. The second-order valence-electron chi connectivity index (χ2n) is 4.71. The van der Waals surface area contributed by atoms with E-state index in [1.807, 2.05) is 0 Å². The van der Waals surface area contributed by atoms with Crippen LogP contribution in [0.2, 0.25) is 10.0 Å². The minimum Gasteiger partial charge on any atom is -0.391 e. The van der Waals surface area contributed by atoms with Crippen LogP contribution in [0.4, 0.5) is 0 Å². The van der Waals surface area contributed by atoms with Crippen molar-refractivity contribution in [3.8, 4) is 12.3 Å². The lowest BCUT2D eigenvalue weighted by Crippen LogP contribution is -2.52. The number of nitrogens with zero attached hydrogens (tertiary/aromatic N) is 1. The van der Waals surface area contributed by atoms with E-state index in [1.54, 1.807) is 6.07 Å². The van der Waals surface area contributed by atoms with Crippen molar-refractivity contribution in [3.63, 3.8) is 0 Å². The summed E-state index contributed by atoms with van der Waals surface area (Å²) in [6.45, 7) is 1.46. The molecule has 0 spiro atoms. The first kappa shape index (κ1) is 18.3. The van der Waals surface area contributed by atoms with Crippen LogP contribution in [0.25, 0.3) is 0 Å². The predicted octanol–water partition coefficient (Wildman–Crippen LogP) is 1.56. The average molecular weight is 343 g/mol. The van der Waals surface area contributed by atoms with Crippen molar-refractivity contribution in [2.45, 2.75) is 19.1 Å². The lowest BCUT2D eigenvalue weighted by molar-refractivity contribution is -0.133. The first-order valence-corrected chi connectivity index (χ1v) is 7.16. The van der Waals surface area contributed by atoms with Gasteiger partial charge in [-0.05, 0) is 25.1 Å². The maximum absolute atomic E-state index is 12.2. The lowest BCUT2D eigenvalue weighted by atomic mass is 10.1. The van der Waals surface area contributed by atoms with Crippen LogP contribution >= 0.6 is 23.2 Å². The van der Waals surface area contributed by atoms with E-state index in [1.165, 1.54) is 31.0 Å². The standard InChI is InChI=1S/C15H16Cl2N2O3/c1-4-7-19(3)15(22)13(9(2)20)18-14(21)11-8-10(16)5-6-12(11)17/h1,5-6,8-9,13,20H,7H2,2-3H3,(H,18,21). The molecule has 2 unspecified atom stereocenters. The Bertz CT molecular complexity index is 611. The number of aliphatic hydroxyl groups is 1. The molecule has 2 atom stereocenters. The molecule has 0 fully saturated rings. The number of rotatable bonds is 5. The maximum Gasteiger partial charge on any atom is 0.253 e. The zero-order valence-corrected chi connectivity index (χ0v) is 13.6. The number of aliphatic hydroxyl groups excluding tert-OH is 1. The van der Waals surface area contributed by atoms with Crippen LogP contribution in [0.5, 0.6) is 0 Å². The van der Waals surface area contributed by atoms with Gasteiger partial charge in [0.05, 0.1) is 23.2 Å². The average Bonchev–Trinajstić information content (AvgIpc) is 2.46. The highest BCUT2D eigenvalue weighted by Crippen LogP contribution is 2.20. The van der Waals surface area contributed by atoms with E-state index in [9.17, 15) is 14.7 Å². The van der Waals surface area contributed by atoms with Gasteiger partial charge in [0.15, 0.2) is 0 Å². The van der Waals surface area contributed by atoms with Crippen molar-refractivity contribution in [1.82, 2.24) is 10.2 Å². The van der Waals surface area contributed by atoms with Gasteiger partial charge in [-0.15, -0.1) is 6.42 Å². The molecule has 1 aromatic carbocycles. The molecule has 22 heavy (non-hydrogen) atoms. The maximum atomic E-state index is 12.2. The Morgan fingerprint density at radius 2 is 2.09 bits per heavy atom. The molecule has 0 aliphatic rings. The predicted molar refractivity (Wildman–Crippen MR) is 85.9 cm³/mol. The molecular formula is C15H16Cl2N2O3. The molecule has 5 nitrogen and oxygen atoms in total. The second-order valence-corrected chi connectivity index (χ2v) is 5.56. The zero-order chi connectivity index (χ0) is 16.9. The summed E-state index contributed by atoms with van der Waals surface area (Å²) in [6, 6.07) is 3.26. The van der Waals surface area contributed by atoms with Gasteiger partial charge in [-0.25, -0.2) is 0 Å². The first-order valence-electron chi connectivity index (χ1n) is 6.40. The van der Waals surface area contributed by atoms with Crippen molar-refractivity contribution in [2.75, 3.05) is 13.6 Å². The number of terminal acetylenes is 1. The Hall–Kier alpha value is -1.74. The van der Waals surface area contributed by atoms with Crippen LogP contribution in [0.15, 0.2) is 18.2 Å². The van der Waals surface area contributed by atoms with Gasteiger partial charge in [0.2, 0.25) is 5.91 Å². The van der Waals surface area contributed by atoms with Crippen molar-refractivity contribution in [1.29, 1.82) is 0 Å². The first-order chi connectivity index (χ1) is 10.3. The molecule has 7 heteroatoms. The second kappa shape index (κ2) is 8.04. The minimum atomic E-state index is -1.14. The van der Waals surface area contributed by atoms with Crippen LogP contribution < -0.4 is 5.32 Å². The van der Waals surface area contributed by atoms with E-state index in [0.29, 0.717) is 5.02 Å². The van der Waals surface area contributed by atoms with E-state index < -0.39 is 24.0 Å². The van der Waals surface area contributed by atoms with Crippen molar-refractivity contribution in [3.05, 3.63) is 33.8 Å². The molecule has 0 aromatic heterocycles. The van der Waals surface area contributed by atoms with E-state index in [-0.39, 0.29) is 17.1 Å². The van der Waals surface area contributed by atoms with Crippen molar-refractivity contribution in [2.24, 2.45) is 0 Å². The Morgan fingerprint density at radius 1 is 1.45 bits per heavy atom. The van der Waals surface area contributed by atoms with Crippen LogP contribution in [0, 0.1) is 12.3 Å². The van der Waals surface area contributed by atoms with E-state index >= 15 is 0 Å². The van der Waals surface area contributed by atoms with Crippen LogP contribution in [0.1, 0.15) is 17.3 Å². The molecule has 1 aromatic rings. The quantitative estimate of drug-likeness (QED) is 0.798. The summed E-state index contributed by atoms with van der Waals surface area (Å²) in [4.78, 5) is 25.7. The number of benzene rings is 1. The van der Waals surface area contributed by atoms with Gasteiger partial charge in [-0.3, -0.25) is 9.59 Å². The van der Waals surface area contributed by atoms with Gasteiger partial charge < -0.3 is 15.3 Å². The Labute approximate surface area is 139 Å². The molecular weight excluding hydrogens is 327 g/mol. The minimum absolute atomic E-state index is 0.0653. The number of likely N-dealkylation sites (N-methyl/N-ethyl adjacent to an activating group) is 1. The number of amides is 2. The SMILES string of the molecule is C#CCN(C)C(=O)C(NC(=O)c1cc(Cl)ccc1Cl)C(C)O. The van der Waals surface area contributed by atoms with Gasteiger partial charge in [-0.2, -0.15) is 0 Å². The molecule has 0 saturated carbocycles. The fraction of sp³-hybridized carbons (Fsp3) is 0.333. The van der Waals surface area contributed by atoms with Crippen molar-refractivity contribution < 1.29 is 14.7 Å². The normalized spacial score (nSPS) is 12.9. The van der Waals surface area contributed by atoms with Gasteiger partial charge in [0, 0.05) is 12.1 Å². The smallest absolute Gasteiger partial charge is 0.253 e. The summed E-state index contributed by atoms with van der Waals surface area (Å²) in [5, 5.41) is 12.7. The van der Waals surface area contributed by atoms with Crippen LogP contribution in [-0.4, -0.2) is 47.6 Å². The highest BCUT2D eigenvalue weighted by molar-refractivity contribution is 6.35. The van der Waals surface area contributed by atoms with Gasteiger partial charge in [-0.1, -0.05) is 29.1 Å². The third-order valence-electron chi connectivity index (χ3n) is 2.91. The number of halogens is 2. The van der Waals surface area contributed by atoms with Crippen LogP contribution in [0.3, 0.4) is 0 Å². The Morgan fingerprint density at radius 3 is 2.64 bits per heavy atom. The molecule has 0 saturated heterocycles. The van der Waals surface area contributed by atoms with Gasteiger partial charge >= 0.3 is 0 Å². The number of hydrogen-bond acceptors (Lipinski definition) is 3. The summed E-state index contributed by atoms with van der Waals surface area (Å²) in [5.41, 5.74) is 0.118. The fourth-order valence-corrected chi connectivity index (χ4v) is 2.11. The molecule has 0 heterocycles. The van der Waals surface area contributed by atoms with E-state index in [4.69, 9.17) is 29.6 Å². The molecule has 1 rings (SSSR count). The number of carbonyl (C=O) groups is 2. The summed E-state index contributed by atoms with van der Waals surface area (Å²) in [6.07, 6.45) is 4.04. The Kier molecular flexibility index (Phi) is 6.69. The highest BCUT2D eigenvalue weighted by atomic mass is 35.5. The van der Waals surface area contributed by atoms with Gasteiger partial charge in [0.1, 0.15) is 6.04 Å². The molecule has 0 bridgehead atoms. The fourth-order valence-electron chi connectivity index (χ4n) is 1.73. The summed E-state index contributed by atoms with van der Waals surface area (Å²) in [5.74, 6) is 1.21. The third-order valence-corrected chi connectivity index (χ3v) is 3.48. The molecule has 118 valence electrons. The van der Waals surface area contributed by atoms with Gasteiger partial charge in [0.25, 0.3) is 5.91 Å². The summed E-state index contributed by atoms with van der Waals surface area (Å²) >= 11 is 11.8. The largest absolute Gasteiger partial charge is 0.391 e. The summed E-state index contributed by atoms with van der Waals surface area (Å²) < 4.78 is 0. The highest BCUT2D eigenvalue weighted by Gasteiger charge is 2.29. The number of nitrogens with one attached hydrogen (secondary N) is 1. The number of carbonyl (C=O) groups excluding carboxylic acids is 2. The summed E-state index contributed by atoms with van der Waals surface area (Å²) in [7, 11) is 1.48. The molecule has 2 amide bonds. The van der Waals surface area contributed by atoms with Crippen molar-refractivity contribution >= 4 is 35.0 Å².